The van der Waals surface area contributed by atoms with E-state index >= 15 is 0 Å². The zero-order chi connectivity index (χ0) is 14.4. The van der Waals surface area contributed by atoms with Gasteiger partial charge in [0.2, 0.25) is 0 Å². The highest BCUT2D eigenvalue weighted by Crippen LogP contribution is 2.26. The highest BCUT2D eigenvalue weighted by Gasteiger charge is 2.18. The normalized spacial score (nSPS) is 20.1. The van der Waals surface area contributed by atoms with Crippen LogP contribution in [0.1, 0.15) is 25.7 Å². The van der Waals surface area contributed by atoms with Crippen LogP contribution in [0, 0.1) is 0 Å². The Morgan fingerprint density at radius 1 is 1.35 bits per heavy atom. The zero-order valence-corrected chi connectivity index (χ0v) is 11.8. The van der Waals surface area contributed by atoms with Crippen LogP contribution in [0.2, 0.25) is 0 Å². The van der Waals surface area contributed by atoms with Gasteiger partial charge in [-0.05, 0) is 45.0 Å². The van der Waals surface area contributed by atoms with E-state index < -0.39 is 6.61 Å². The van der Waals surface area contributed by atoms with Crippen LogP contribution in [-0.4, -0.2) is 37.7 Å². The molecule has 1 aliphatic heterocycles. The first kappa shape index (κ1) is 15.0. The van der Waals surface area contributed by atoms with E-state index in [1.807, 2.05) is 6.07 Å². The number of nitrogens with one attached hydrogen (secondary N) is 1. The molecule has 1 aromatic rings. The minimum absolute atomic E-state index is 0.208. The number of benzene rings is 1. The van der Waals surface area contributed by atoms with Gasteiger partial charge in [-0.3, -0.25) is 0 Å². The molecule has 20 heavy (non-hydrogen) atoms. The highest BCUT2D eigenvalue weighted by atomic mass is 19.3. The Hall–Kier alpha value is -1.36. The second-order valence-corrected chi connectivity index (χ2v) is 5.22. The van der Waals surface area contributed by atoms with Gasteiger partial charge in [-0.25, -0.2) is 0 Å². The van der Waals surface area contributed by atoms with Crippen molar-refractivity contribution in [3.63, 3.8) is 0 Å². The molecule has 0 saturated carbocycles. The average Bonchev–Trinajstić information content (AvgIpc) is 2.42. The summed E-state index contributed by atoms with van der Waals surface area (Å²) in [7, 11) is 2.15. The summed E-state index contributed by atoms with van der Waals surface area (Å²) in [6.07, 6.45) is 4.78. The molecule has 0 radical (unpaired) electrons. The summed E-state index contributed by atoms with van der Waals surface area (Å²) in [6, 6.07) is 7.41. The molecule has 1 unspecified atom stereocenters. The lowest BCUT2D eigenvalue weighted by Gasteiger charge is -2.32. The predicted molar refractivity (Wildman–Crippen MR) is 76.4 cm³/mol. The van der Waals surface area contributed by atoms with Crippen molar-refractivity contribution in [1.29, 1.82) is 0 Å². The van der Waals surface area contributed by atoms with E-state index in [-0.39, 0.29) is 5.75 Å². The van der Waals surface area contributed by atoms with Gasteiger partial charge in [-0.2, -0.15) is 8.78 Å². The Kier molecular flexibility index (Phi) is 5.59. The Morgan fingerprint density at radius 3 is 2.90 bits per heavy atom. The average molecular weight is 284 g/mol. The van der Waals surface area contributed by atoms with Crippen LogP contribution in [0.15, 0.2) is 24.3 Å². The third-order valence-electron chi connectivity index (χ3n) is 3.82. The number of rotatable bonds is 6. The molecule has 5 heteroatoms. The molecule has 112 valence electrons. The molecule has 1 fully saturated rings. The number of ether oxygens (including phenoxy) is 1. The lowest BCUT2D eigenvalue weighted by atomic mass is 10.0. The molecule has 1 N–H and O–H groups in total. The third-order valence-corrected chi connectivity index (χ3v) is 3.82. The van der Waals surface area contributed by atoms with E-state index in [0.717, 1.165) is 19.5 Å². The number of hydrogen-bond acceptors (Lipinski definition) is 3. The van der Waals surface area contributed by atoms with Gasteiger partial charge in [0.25, 0.3) is 0 Å². The summed E-state index contributed by atoms with van der Waals surface area (Å²) in [6.45, 7) is -0.878. The summed E-state index contributed by atoms with van der Waals surface area (Å²) in [4.78, 5) is 2.38. The molecule has 3 nitrogen and oxygen atoms in total. The summed E-state index contributed by atoms with van der Waals surface area (Å²) < 4.78 is 29.1. The largest absolute Gasteiger partial charge is 0.433 e. The predicted octanol–water partition coefficient (Wildman–Crippen LogP) is 3.57. The van der Waals surface area contributed by atoms with Crippen molar-refractivity contribution in [3.8, 4) is 5.75 Å². The SMILES string of the molecule is CN1CCCCC1CCNc1ccccc1OC(F)F. The van der Waals surface area contributed by atoms with Crippen LogP contribution in [0.25, 0.3) is 0 Å². The molecule has 1 aliphatic rings. The minimum Gasteiger partial charge on any atom is -0.433 e. The lowest BCUT2D eigenvalue weighted by Crippen LogP contribution is -2.37. The second-order valence-electron chi connectivity index (χ2n) is 5.22. The molecule has 0 amide bonds. The number of halogens is 2. The number of likely N-dealkylation sites (tertiary alicyclic amines) is 1. The zero-order valence-electron chi connectivity index (χ0n) is 11.8. The summed E-state index contributed by atoms with van der Waals surface area (Å²) in [5.41, 5.74) is 0.631. The first-order valence-electron chi connectivity index (χ1n) is 7.15. The van der Waals surface area contributed by atoms with E-state index in [1.165, 1.54) is 19.3 Å². The summed E-state index contributed by atoms with van der Waals surface area (Å²) in [5, 5.41) is 3.20. The number of hydrogen-bond donors (Lipinski definition) is 1. The van der Waals surface area contributed by atoms with Crippen LogP contribution < -0.4 is 10.1 Å². The molecule has 1 heterocycles. The van der Waals surface area contributed by atoms with Crippen LogP contribution >= 0.6 is 0 Å². The van der Waals surface area contributed by atoms with Crippen LogP contribution in [0.4, 0.5) is 14.5 Å². The fourth-order valence-corrected chi connectivity index (χ4v) is 2.69. The van der Waals surface area contributed by atoms with Crippen molar-refractivity contribution in [2.24, 2.45) is 0 Å². The number of para-hydroxylation sites is 2. The fourth-order valence-electron chi connectivity index (χ4n) is 2.69. The van der Waals surface area contributed by atoms with E-state index in [0.29, 0.717) is 11.7 Å². The Balaban J connectivity index is 1.84. The van der Waals surface area contributed by atoms with Crippen molar-refractivity contribution in [1.82, 2.24) is 4.90 Å². The highest BCUT2D eigenvalue weighted by molar-refractivity contribution is 5.56. The molecule has 0 spiro atoms. The first-order chi connectivity index (χ1) is 9.66. The Bertz CT molecular complexity index is 415. The smallest absolute Gasteiger partial charge is 0.387 e. The Labute approximate surface area is 118 Å². The van der Waals surface area contributed by atoms with E-state index in [9.17, 15) is 8.78 Å². The van der Waals surface area contributed by atoms with Crippen molar-refractivity contribution in [3.05, 3.63) is 24.3 Å². The van der Waals surface area contributed by atoms with Crippen LogP contribution in [0.5, 0.6) is 5.75 Å². The monoisotopic (exact) mass is 284 g/mol. The van der Waals surface area contributed by atoms with Crippen LogP contribution in [0.3, 0.4) is 0 Å². The maximum Gasteiger partial charge on any atom is 0.387 e. The molecule has 1 aromatic carbocycles. The quantitative estimate of drug-likeness (QED) is 0.864. The van der Waals surface area contributed by atoms with Gasteiger partial charge < -0.3 is 15.0 Å². The van der Waals surface area contributed by atoms with Crippen LogP contribution in [-0.2, 0) is 0 Å². The van der Waals surface area contributed by atoms with Gasteiger partial charge in [0.1, 0.15) is 5.75 Å². The first-order valence-corrected chi connectivity index (χ1v) is 7.15. The summed E-state index contributed by atoms with van der Waals surface area (Å²) in [5.74, 6) is 0.208. The molecule has 0 aromatic heterocycles. The minimum atomic E-state index is -2.79. The van der Waals surface area contributed by atoms with Crippen molar-refractivity contribution >= 4 is 5.69 Å². The Morgan fingerprint density at radius 2 is 2.15 bits per heavy atom. The maximum atomic E-state index is 12.3. The molecular formula is C15H22F2N2O. The molecule has 0 aliphatic carbocycles. The van der Waals surface area contributed by atoms with Gasteiger partial charge in [-0.1, -0.05) is 18.6 Å². The second kappa shape index (κ2) is 7.43. The fraction of sp³-hybridized carbons (Fsp3) is 0.600. The van der Waals surface area contributed by atoms with Gasteiger partial charge in [0, 0.05) is 12.6 Å². The third kappa shape index (κ3) is 4.34. The lowest BCUT2D eigenvalue weighted by molar-refractivity contribution is -0.0493. The molecular weight excluding hydrogens is 262 g/mol. The van der Waals surface area contributed by atoms with Crippen molar-refractivity contribution < 1.29 is 13.5 Å². The number of piperidine rings is 1. The topological polar surface area (TPSA) is 24.5 Å². The van der Waals surface area contributed by atoms with Gasteiger partial charge in [0.15, 0.2) is 0 Å². The van der Waals surface area contributed by atoms with Gasteiger partial charge in [-0.15, -0.1) is 0 Å². The summed E-state index contributed by atoms with van der Waals surface area (Å²) >= 11 is 0. The van der Waals surface area contributed by atoms with Gasteiger partial charge in [0.05, 0.1) is 5.69 Å². The van der Waals surface area contributed by atoms with Gasteiger partial charge >= 0.3 is 6.61 Å². The number of nitrogens with zero attached hydrogens (tertiary/aromatic N) is 1. The molecule has 1 saturated heterocycles. The van der Waals surface area contributed by atoms with E-state index in [2.05, 4.69) is 22.0 Å². The van der Waals surface area contributed by atoms with E-state index in [4.69, 9.17) is 0 Å². The van der Waals surface area contributed by atoms with Crippen molar-refractivity contribution in [2.45, 2.75) is 38.3 Å². The standard InChI is InChI=1S/C15H22F2N2O/c1-19-11-5-4-6-12(19)9-10-18-13-7-2-3-8-14(13)20-15(16)17/h2-3,7-8,12,15,18H,4-6,9-11H2,1H3. The van der Waals surface area contributed by atoms with Crippen molar-refractivity contribution in [2.75, 3.05) is 25.5 Å². The number of anilines is 1. The molecule has 0 bridgehead atoms. The van der Waals surface area contributed by atoms with E-state index in [1.54, 1.807) is 18.2 Å². The molecule has 1 atom stereocenters. The maximum absolute atomic E-state index is 12.3. The molecule has 2 rings (SSSR count). The number of alkyl halides is 2.